The van der Waals surface area contributed by atoms with Crippen LogP contribution in [0.1, 0.15) is 47.9 Å². The van der Waals surface area contributed by atoms with E-state index >= 15 is 0 Å². The van der Waals surface area contributed by atoms with Crippen LogP contribution in [0.5, 0.6) is 0 Å². The zero-order valence-corrected chi connectivity index (χ0v) is 19.5. The van der Waals surface area contributed by atoms with Crippen LogP contribution in [0.15, 0.2) is 46.2 Å². The molecule has 1 aliphatic carbocycles. The number of hydrogen-bond donors (Lipinski definition) is 2. The van der Waals surface area contributed by atoms with Gasteiger partial charge in [0.05, 0.1) is 9.79 Å². The molecule has 1 saturated carbocycles. The first kappa shape index (κ1) is 22.9. The topological polar surface area (TPSA) is 92.3 Å². The SMILES string of the molecule is Cc1ccc(C)c(S(=O)(=O)N[C@@H]2CCCC[C@H]2NS(=O)(=O)c2cc(C)ccc2C)c1. The minimum atomic E-state index is -3.77. The maximum Gasteiger partial charge on any atom is 0.241 e. The first-order chi connectivity index (χ1) is 14.0. The standard InChI is InChI=1S/C22H30N2O4S2/c1-15-9-11-17(3)21(13-15)29(25,26)23-19-7-5-6-8-20(19)24-30(27,28)22-14-16(2)10-12-18(22)4/h9-14,19-20,23-24H,5-8H2,1-4H3/t19-,20-/m1/s1. The van der Waals surface area contributed by atoms with Crippen molar-refractivity contribution in [3.63, 3.8) is 0 Å². The molecule has 0 radical (unpaired) electrons. The average Bonchev–Trinajstić information content (AvgIpc) is 2.66. The molecule has 3 rings (SSSR count). The Labute approximate surface area is 180 Å². The molecule has 0 unspecified atom stereocenters. The minimum absolute atomic E-state index is 0.240. The van der Waals surface area contributed by atoms with Crippen LogP contribution >= 0.6 is 0 Å². The van der Waals surface area contributed by atoms with Gasteiger partial charge in [-0.1, -0.05) is 37.1 Å². The lowest BCUT2D eigenvalue weighted by Crippen LogP contribution is -2.53. The quantitative estimate of drug-likeness (QED) is 0.705. The molecule has 1 fully saturated rings. The summed E-state index contributed by atoms with van der Waals surface area (Å²) in [5.41, 5.74) is 3.04. The normalized spacial score (nSPS) is 20.3. The van der Waals surface area contributed by atoms with Crippen LogP contribution in [0, 0.1) is 27.7 Å². The highest BCUT2D eigenvalue weighted by molar-refractivity contribution is 7.90. The fourth-order valence-corrected chi connectivity index (χ4v) is 7.21. The number of nitrogens with one attached hydrogen (secondary N) is 2. The van der Waals surface area contributed by atoms with Crippen LogP contribution in [0.25, 0.3) is 0 Å². The van der Waals surface area contributed by atoms with Gasteiger partial charge in [-0.3, -0.25) is 0 Å². The summed E-state index contributed by atoms with van der Waals surface area (Å²) in [4.78, 5) is 0.480. The van der Waals surface area contributed by atoms with Crippen molar-refractivity contribution in [3.05, 3.63) is 58.7 Å². The minimum Gasteiger partial charge on any atom is -0.207 e. The van der Waals surface area contributed by atoms with E-state index in [1.54, 1.807) is 38.1 Å². The van der Waals surface area contributed by atoms with Crippen molar-refractivity contribution < 1.29 is 16.8 Å². The third kappa shape index (κ3) is 5.11. The summed E-state index contributed by atoms with van der Waals surface area (Å²) in [6.45, 7) is 7.21. The summed E-state index contributed by atoms with van der Waals surface area (Å²) in [5.74, 6) is 0. The molecule has 2 atom stereocenters. The average molecular weight is 451 g/mol. The summed E-state index contributed by atoms with van der Waals surface area (Å²) in [7, 11) is -7.53. The summed E-state index contributed by atoms with van der Waals surface area (Å²) in [6.07, 6.45) is 2.87. The lowest BCUT2D eigenvalue weighted by molar-refractivity contribution is 0.340. The maximum atomic E-state index is 13.1. The Morgan fingerprint density at radius 3 is 1.40 bits per heavy atom. The predicted octanol–water partition coefficient (Wildman–Crippen LogP) is 3.49. The monoisotopic (exact) mass is 450 g/mol. The summed E-state index contributed by atoms with van der Waals surface area (Å²) in [5, 5.41) is 0. The second kappa shape index (κ2) is 8.78. The molecule has 30 heavy (non-hydrogen) atoms. The van der Waals surface area contributed by atoms with Gasteiger partial charge in [0.1, 0.15) is 0 Å². The summed E-state index contributed by atoms with van der Waals surface area (Å²) >= 11 is 0. The Morgan fingerprint density at radius 1 is 0.667 bits per heavy atom. The van der Waals surface area contributed by atoms with Gasteiger partial charge in [-0.25, -0.2) is 26.3 Å². The Hall–Kier alpha value is -1.74. The number of aryl methyl sites for hydroxylation is 4. The fourth-order valence-electron chi connectivity index (χ4n) is 3.93. The molecule has 0 aromatic heterocycles. The number of benzene rings is 2. The second-order valence-corrected chi connectivity index (χ2v) is 11.6. The highest BCUT2D eigenvalue weighted by atomic mass is 32.2. The van der Waals surface area contributed by atoms with Crippen LogP contribution in [0.4, 0.5) is 0 Å². The fraction of sp³-hybridized carbons (Fsp3) is 0.455. The van der Waals surface area contributed by atoms with Crippen LogP contribution in [-0.4, -0.2) is 28.9 Å². The smallest absolute Gasteiger partial charge is 0.207 e. The van der Waals surface area contributed by atoms with Gasteiger partial charge in [0, 0.05) is 12.1 Å². The van der Waals surface area contributed by atoms with Crippen LogP contribution < -0.4 is 9.44 Å². The van der Waals surface area contributed by atoms with Gasteiger partial charge in [-0.05, 0) is 74.9 Å². The van der Waals surface area contributed by atoms with Crippen LogP contribution in [-0.2, 0) is 20.0 Å². The zero-order chi connectivity index (χ0) is 22.1. The Bertz CT molecular complexity index is 1050. The maximum absolute atomic E-state index is 13.1. The molecule has 0 heterocycles. The van der Waals surface area contributed by atoms with E-state index in [4.69, 9.17) is 0 Å². The van der Waals surface area contributed by atoms with Gasteiger partial charge >= 0.3 is 0 Å². The molecule has 0 amide bonds. The van der Waals surface area contributed by atoms with E-state index in [2.05, 4.69) is 9.44 Å². The summed E-state index contributed by atoms with van der Waals surface area (Å²) < 4.78 is 57.8. The molecule has 2 N–H and O–H groups in total. The highest BCUT2D eigenvalue weighted by Crippen LogP contribution is 2.25. The predicted molar refractivity (Wildman–Crippen MR) is 119 cm³/mol. The van der Waals surface area contributed by atoms with Crippen LogP contribution in [0.2, 0.25) is 0 Å². The number of hydrogen-bond acceptors (Lipinski definition) is 4. The molecule has 1 aliphatic rings. The van der Waals surface area contributed by atoms with Crippen molar-refractivity contribution in [2.75, 3.05) is 0 Å². The molecule has 8 heteroatoms. The van der Waals surface area contributed by atoms with Crippen LogP contribution in [0.3, 0.4) is 0 Å². The van der Waals surface area contributed by atoms with Crippen molar-refractivity contribution in [2.45, 2.75) is 75.3 Å². The van der Waals surface area contributed by atoms with Gasteiger partial charge in [-0.2, -0.15) is 0 Å². The largest absolute Gasteiger partial charge is 0.241 e. The van der Waals surface area contributed by atoms with Crippen molar-refractivity contribution in [1.82, 2.24) is 9.44 Å². The van der Waals surface area contributed by atoms with Crippen molar-refractivity contribution in [2.24, 2.45) is 0 Å². The number of rotatable bonds is 6. The molecule has 6 nitrogen and oxygen atoms in total. The Kier molecular flexibility index (Phi) is 6.72. The van der Waals surface area contributed by atoms with Gasteiger partial charge < -0.3 is 0 Å². The first-order valence-corrected chi connectivity index (χ1v) is 13.2. The van der Waals surface area contributed by atoms with Gasteiger partial charge in [0.25, 0.3) is 0 Å². The van der Waals surface area contributed by atoms with Crippen molar-refractivity contribution in [1.29, 1.82) is 0 Å². The molecule has 0 saturated heterocycles. The van der Waals surface area contributed by atoms with E-state index in [-0.39, 0.29) is 9.79 Å². The van der Waals surface area contributed by atoms with E-state index in [0.29, 0.717) is 24.0 Å². The van der Waals surface area contributed by atoms with E-state index in [1.165, 1.54) is 0 Å². The summed E-state index contributed by atoms with van der Waals surface area (Å²) in [6, 6.07) is 9.61. The molecule has 0 spiro atoms. The van der Waals surface area contributed by atoms with E-state index in [9.17, 15) is 16.8 Å². The lowest BCUT2D eigenvalue weighted by Gasteiger charge is -2.32. The second-order valence-electron chi connectivity index (χ2n) is 8.28. The first-order valence-electron chi connectivity index (χ1n) is 10.2. The lowest BCUT2D eigenvalue weighted by atomic mass is 9.92. The molecular weight excluding hydrogens is 420 g/mol. The molecular formula is C22H30N2O4S2. The Balaban J connectivity index is 1.86. The molecule has 2 aromatic carbocycles. The van der Waals surface area contributed by atoms with Gasteiger partial charge in [0.2, 0.25) is 20.0 Å². The molecule has 2 aromatic rings. The van der Waals surface area contributed by atoms with Gasteiger partial charge in [0.15, 0.2) is 0 Å². The van der Waals surface area contributed by atoms with Crippen molar-refractivity contribution in [3.8, 4) is 0 Å². The molecule has 164 valence electrons. The highest BCUT2D eigenvalue weighted by Gasteiger charge is 2.33. The molecule has 0 bridgehead atoms. The number of sulfonamides is 2. The van der Waals surface area contributed by atoms with Crippen molar-refractivity contribution >= 4 is 20.0 Å². The van der Waals surface area contributed by atoms with E-state index in [0.717, 1.165) is 24.0 Å². The molecule has 0 aliphatic heterocycles. The zero-order valence-electron chi connectivity index (χ0n) is 17.9. The van der Waals surface area contributed by atoms with E-state index in [1.807, 2.05) is 26.0 Å². The third-order valence-electron chi connectivity index (χ3n) is 5.65. The third-order valence-corrected chi connectivity index (χ3v) is 8.91. The van der Waals surface area contributed by atoms with E-state index < -0.39 is 32.1 Å². The van der Waals surface area contributed by atoms with Gasteiger partial charge in [-0.15, -0.1) is 0 Å². The Morgan fingerprint density at radius 2 is 1.03 bits per heavy atom.